The fourth-order valence-corrected chi connectivity index (χ4v) is 1.91. The number of halogens is 1. The van der Waals surface area contributed by atoms with Crippen molar-refractivity contribution < 1.29 is 9.18 Å². The van der Waals surface area contributed by atoms with E-state index in [0.717, 1.165) is 11.4 Å². The third-order valence-electron chi connectivity index (χ3n) is 3.20. The molecule has 0 aliphatic rings. The molecule has 0 fully saturated rings. The number of pyridine rings is 1. The van der Waals surface area contributed by atoms with Gasteiger partial charge in [-0.15, -0.1) is 0 Å². The molecule has 1 aromatic carbocycles. The Morgan fingerprint density at radius 2 is 2.05 bits per heavy atom. The number of aromatic nitrogens is 1. The summed E-state index contributed by atoms with van der Waals surface area (Å²) in [5.41, 5.74) is 2.11. The van der Waals surface area contributed by atoms with Crippen molar-refractivity contribution in [2.45, 2.75) is 20.4 Å². The summed E-state index contributed by atoms with van der Waals surface area (Å²) < 4.78 is 13.5. The van der Waals surface area contributed by atoms with Crippen molar-refractivity contribution in [1.82, 2.24) is 4.98 Å². The molecule has 2 rings (SSSR count). The SMILES string of the molecule is CC(=O)c1ccc(N(C)Cc2ccc(C)c(F)c2)nc1. The van der Waals surface area contributed by atoms with Gasteiger partial charge in [-0.25, -0.2) is 9.37 Å². The maximum absolute atomic E-state index is 13.5. The smallest absolute Gasteiger partial charge is 0.161 e. The summed E-state index contributed by atoms with van der Waals surface area (Å²) in [5.74, 6) is 0.541. The van der Waals surface area contributed by atoms with Gasteiger partial charge < -0.3 is 4.90 Å². The van der Waals surface area contributed by atoms with Gasteiger partial charge in [0, 0.05) is 25.4 Å². The number of nitrogens with zero attached hydrogens (tertiary/aromatic N) is 2. The highest BCUT2D eigenvalue weighted by Gasteiger charge is 2.07. The van der Waals surface area contributed by atoms with Crippen molar-refractivity contribution in [2.24, 2.45) is 0 Å². The molecule has 0 spiro atoms. The lowest BCUT2D eigenvalue weighted by Gasteiger charge is -2.18. The van der Waals surface area contributed by atoms with E-state index in [1.807, 2.05) is 18.0 Å². The number of anilines is 1. The Hall–Kier alpha value is -2.23. The molecule has 0 saturated carbocycles. The van der Waals surface area contributed by atoms with Gasteiger partial charge in [0.05, 0.1) is 0 Å². The largest absolute Gasteiger partial charge is 0.355 e. The van der Waals surface area contributed by atoms with Gasteiger partial charge in [0.2, 0.25) is 0 Å². The highest BCUT2D eigenvalue weighted by molar-refractivity contribution is 5.93. The lowest BCUT2D eigenvalue weighted by Crippen LogP contribution is -2.18. The van der Waals surface area contributed by atoms with Crippen LogP contribution in [-0.4, -0.2) is 17.8 Å². The van der Waals surface area contributed by atoms with Gasteiger partial charge in [0.15, 0.2) is 5.78 Å². The van der Waals surface area contributed by atoms with Crippen LogP contribution < -0.4 is 4.90 Å². The van der Waals surface area contributed by atoms with Crippen molar-refractivity contribution in [3.8, 4) is 0 Å². The van der Waals surface area contributed by atoms with Crippen molar-refractivity contribution in [1.29, 1.82) is 0 Å². The van der Waals surface area contributed by atoms with E-state index in [9.17, 15) is 9.18 Å². The fourth-order valence-electron chi connectivity index (χ4n) is 1.91. The summed E-state index contributed by atoms with van der Waals surface area (Å²) in [6, 6.07) is 8.75. The number of aryl methyl sites for hydroxylation is 1. The minimum Gasteiger partial charge on any atom is -0.355 e. The minimum atomic E-state index is -0.198. The number of carbonyl (C=O) groups excluding carboxylic acids is 1. The summed E-state index contributed by atoms with van der Waals surface area (Å²) >= 11 is 0. The summed E-state index contributed by atoms with van der Waals surface area (Å²) in [7, 11) is 1.88. The van der Waals surface area contributed by atoms with Crippen molar-refractivity contribution in [3.63, 3.8) is 0 Å². The Morgan fingerprint density at radius 3 is 2.60 bits per heavy atom. The third-order valence-corrected chi connectivity index (χ3v) is 3.20. The Kier molecular flexibility index (Phi) is 4.13. The van der Waals surface area contributed by atoms with E-state index in [-0.39, 0.29) is 11.6 Å². The normalized spacial score (nSPS) is 10.4. The summed E-state index contributed by atoms with van der Waals surface area (Å²) in [6.07, 6.45) is 1.56. The van der Waals surface area contributed by atoms with Crippen LogP contribution >= 0.6 is 0 Å². The molecule has 4 heteroatoms. The number of ketones is 1. The van der Waals surface area contributed by atoms with E-state index in [1.165, 1.54) is 13.0 Å². The Labute approximate surface area is 118 Å². The van der Waals surface area contributed by atoms with E-state index >= 15 is 0 Å². The zero-order chi connectivity index (χ0) is 14.7. The molecule has 0 radical (unpaired) electrons. The van der Waals surface area contributed by atoms with Crippen LogP contribution in [0.3, 0.4) is 0 Å². The van der Waals surface area contributed by atoms with Crippen molar-refractivity contribution >= 4 is 11.6 Å². The fraction of sp³-hybridized carbons (Fsp3) is 0.250. The van der Waals surface area contributed by atoms with E-state index in [1.54, 1.807) is 31.3 Å². The summed E-state index contributed by atoms with van der Waals surface area (Å²) in [5, 5.41) is 0. The molecular weight excluding hydrogens is 255 g/mol. The molecule has 0 saturated heterocycles. The summed E-state index contributed by atoms with van der Waals surface area (Å²) in [4.78, 5) is 17.3. The third kappa shape index (κ3) is 3.20. The van der Waals surface area contributed by atoms with Crippen molar-refractivity contribution in [2.75, 3.05) is 11.9 Å². The lowest BCUT2D eigenvalue weighted by atomic mass is 10.1. The standard InChI is InChI=1S/C16H17FN2O/c1-11-4-5-13(8-15(11)17)10-19(3)16-7-6-14(9-18-16)12(2)20/h4-9H,10H2,1-3H3. The number of hydrogen-bond donors (Lipinski definition) is 0. The molecule has 0 aliphatic heterocycles. The van der Waals surface area contributed by atoms with Gasteiger partial charge in [-0.1, -0.05) is 12.1 Å². The molecule has 0 aliphatic carbocycles. The number of rotatable bonds is 4. The number of carbonyl (C=O) groups is 1. The first-order valence-electron chi connectivity index (χ1n) is 6.40. The first-order valence-corrected chi connectivity index (χ1v) is 6.40. The van der Waals surface area contributed by atoms with E-state index in [0.29, 0.717) is 17.7 Å². The Balaban J connectivity index is 2.12. The Morgan fingerprint density at radius 1 is 1.30 bits per heavy atom. The van der Waals surface area contributed by atoms with Crippen LogP contribution in [-0.2, 0) is 6.54 Å². The first kappa shape index (κ1) is 14.2. The molecule has 2 aromatic rings. The Bertz CT molecular complexity index is 623. The molecule has 1 heterocycles. The average molecular weight is 272 g/mol. The molecule has 0 bridgehead atoms. The zero-order valence-corrected chi connectivity index (χ0v) is 11.9. The maximum Gasteiger partial charge on any atom is 0.161 e. The summed E-state index contributed by atoms with van der Waals surface area (Å²) in [6.45, 7) is 3.81. The van der Waals surface area contributed by atoms with E-state index in [2.05, 4.69) is 4.98 Å². The molecule has 0 N–H and O–H groups in total. The number of hydrogen-bond acceptors (Lipinski definition) is 3. The first-order chi connectivity index (χ1) is 9.47. The number of benzene rings is 1. The quantitative estimate of drug-likeness (QED) is 0.800. The monoisotopic (exact) mass is 272 g/mol. The lowest BCUT2D eigenvalue weighted by molar-refractivity contribution is 0.101. The minimum absolute atomic E-state index is 0.00712. The van der Waals surface area contributed by atoms with Crippen LogP contribution in [0.4, 0.5) is 10.2 Å². The van der Waals surface area contributed by atoms with Gasteiger partial charge in [-0.3, -0.25) is 4.79 Å². The second-order valence-electron chi connectivity index (χ2n) is 4.90. The molecule has 0 unspecified atom stereocenters. The van der Waals surface area contributed by atoms with Gasteiger partial charge in [0.25, 0.3) is 0 Å². The van der Waals surface area contributed by atoms with E-state index in [4.69, 9.17) is 0 Å². The molecule has 104 valence electrons. The predicted molar refractivity (Wildman–Crippen MR) is 77.5 cm³/mol. The van der Waals surface area contributed by atoms with Gasteiger partial charge >= 0.3 is 0 Å². The topological polar surface area (TPSA) is 33.2 Å². The van der Waals surface area contributed by atoms with Crippen LogP contribution in [0.15, 0.2) is 36.5 Å². The van der Waals surface area contributed by atoms with Gasteiger partial charge in [-0.05, 0) is 43.2 Å². The van der Waals surface area contributed by atoms with Crippen LogP contribution in [0, 0.1) is 12.7 Å². The zero-order valence-electron chi connectivity index (χ0n) is 11.9. The van der Waals surface area contributed by atoms with Crippen molar-refractivity contribution in [3.05, 3.63) is 59.0 Å². The maximum atomic E-state index is 13.5. The molecule has 0 atom stereocenters. The molecule has 0 amide bonds. The molecule has 20 heavy (non-hydrogen) atoms. The van der Waals surface area contributed by atoms with Gasteiger partial charge in [-0.2, -0.15) is 0 Å². The van der Waals surface area contributed by atoms with E-state index < -0.39 is 0 Å². The highest BCUT2D eigenvalue weighted by Crippen LogP contribution is 2.15. The number of Topliss-reactive ketones (excluding diaryl/α,β-unsaturated/α-hetero) is 1. The average Bonchev–Trinajstić information content (AvgIpc) is 2.43. The van der Waals surface area contributed by atoms with Crippen LogP contribution in [0.5, 0.6) is 0 Å². The van der Waals surface area contributed by atoms with Crippen LogP contribution in [0.1, 0.15) is 28.4 Å². The predicted octanol–water partition coefficient (Wildman–Crippen LogP) is 3.37. The molecule has 1 aromatic heterocycles. The molecule has 3 nitrogen and oxygen atoms in total. The second kappa shape index (κ2) is 5.82. The van der Waals surface area contributed by atoms with Crippen LogP contribution in [0.2, 0.25) is 0 Å². The highest BCUT2D eigenvalue weighted by atomic mass is 19.1. The second-order valence-corrected chi connectivity index (χ2v) is 4.90. The van der Waals surface area contributed by atoms with Crippen LogP contribution in [0.25, 0.3) is 0 Å². The molecular formula is C16H17FN2O. The van der Waals surface area contributed by atoms with Gasteiger partial charge in [0.1, 0.15) is 11.6 Å².